The molecule has 0 fully saturated rings. The monoisotopic (exact) mass is 445 g/mol. The number of carbonyl (C=O) groups excluding carboxylic acids is 3. The molecule has 0 saturated carbocycles. The fraction of sp³-hybridized carbons (Fsp3) is 0.222. The van der Waals surface area contributed by atoms with Crippen molar-refractivity contribution in [3.8, 4) is 0 Å². The van der Waals surface area contributed by atoms with Crippen molar-refractivity contribution in [1.82, 2.24) is 0 Å². The number of esters is 2. The quantitative estimate of drug-likeness (QED) is 0.316. The van der Waals surface area contributed by atoms with Crippen molar-refractivity contribution >= 4 is 35.3 Å². The van der Waals surface area contributed by atoms with E-state index in [1.807, 2.05) is 60.7 Å². The molecule has 0 N–H and O–H groups in total. The second-order valence-electron chi connectivity index (χ2n) is 7.56. The van der Waals surface area contributed by atoms with Gasteiger partial charge in [-0.15, -0.1) is 0 Å². The van der Waals surface area contributed by atoms with E-state index in [1.54, 1.807) is 12.1 Å². The average molecular weight is 446 g/mol. The summed E-state index contributed by atoms with van der Waals surface area (Å²) in [6.45, 7) is 3.50. The van der Waals surface area contributed by atoms with Crippen molar-refractivity contribution in [3.05, 3.63) is 89.5 Å². The summed E-state index contributed by atoms with van der Waals surface area (Å²) in [4.78, 5) is 35.1. The first-order chi connectivity index (χ1) is 16.0. The molecule has 0 saturated heterocycles. The molecule has 0 unspecified atom stereocenters. The first-order valence-corrected chi connectivity index (χ1v) is 10.8. The molecule has 0 spiro atoms. The molecule has 0 bridgehead atoms. The first kappa shape index (κ1) is 23.7. The van der Waals surface area contributed by atoms with Gasteiger partial charge in [-0.05, 0) is 59.7 Å². The molecule has 0 aliphatic rings. The maximum Gasteiger partial charge on any atom is 0.302 e. The number of hydrogen-bond donors (Lipinski definition) is 0. The third kappa shape index (κ3) is 7.04. The van der Waals surface area contributed by atoms with Crippen LogP contribution >= 0.6 is 0 Å². The number of aldehydes is 1. The van der Waals surface area contributed by atoms with Gasteiger partial charge in [-0.1, -0.05) is 24.3 Å². The van der Waals surface area contributed by atoms with E-state index in [0.29, 0.717) is 31.6 Å². The molecule has 6 heteroatoms. The van der Waals surface area contributed by atoms with Gasteiger partial charge in [0.15, 0.2) is 0 Å². The SMILES string of the molecule is CC(=O)OCCc1ccc(N(c2ccc(C=O)cc2)c2ccc(CCOC(C)=O)cc2)cc1. The second-order valence-corrected chi connectivity index (χ2v) is 7.56. The molecular weight excluding hydrogens is 418 g/mol. The summed E-state index contributed by atoms with van der Waals surface area (Å²) in [5.74, 6) is -0.569. The smallest absolute Gasteiger partial charge is 0.302 e. The number of rotatable bonds is 10. The summed E-state index contributed by atoms with van der Waals surface area (Å²) < 4.78 is 10.1. The first-order valence-electron chi connectivity index (χ1n) is 10.8. The fourth-order valence-corrected chi connectivity index (χ4v) is 3.40. The van der Waals surface area contributed by atoms with Gasteiger partial charge < -0.3 is 14.4 Å². The largest absolute Gasteiger partial charge is 0.466 e. The lowest BCUT2D eigenvalue weighted by Crippen LogP contribution is -2.10. The minimum atomic E-state index is -0.284. The van der Waals surface area contributed by atoms with Crippen LogP contribution in [0.2, 0.25) is 0 Å². The Morgan fingerprint density at radius 2 is 1.03 bits per heavy atom. The number of ether oxygens (including phenoxy) is 2. The topological polar surface area (TPSA) is 72.9 Å². The van der Waals surface area contributed by atoms with Crippen LogP contribution in [0.4, 0.5) is 17.1 Å². The molecule has 0 amide bonds. The normalized spacial score (nSPS) is 10.4. The predicted octanol–water partition coefficient (Wildman–Crippen LogP) is 5.18. The number of carbonyl (C=O) groups is 3. The van der Waals surface area contributed by atoms with Crippen molar-refractivity contribution in [1.29, 1.82) is 0 Å². The number of nitrogens with zero attached hydrogens (tertiary/aromatic N) is 1. The van der Waals surface area contributed by atoms with E-state index in [4.69, 9.17) is 9.47 Å². The van der Waals surface area contributed by atoms with E-state index < -0.39 is 0 Å². The summed E-state index contributed by atoms with van der Waals surface area (Å²) in [5, 5.41) is 0. The third-order valence-electron chi connectivity index (χ3n) is 5.07. The summed E-state index contributed by atoms with van der Waals surface area (Å²) in [6, 6.07) is 23.5. The zero-order chi connectivity index (χ0) is 23.6. The molecule has 6 nitrogen and oxygen atoms in total. The van der Waals surface area contributed by atoms with Crippen LogP contribution in [-0.2, 0) is 31.9 Å². The van der Waals surface area contributed by atoms with Crippen LogP contribution in [0.15, 0.2) is 72.8 Å². The van der Waals surface area contributed by atoms with Crippen LogP contribution in [0.3, 0.4) is 0 Å². The molecule has 0 radical (unpaired) electrons. The molecule has 0 atom stereocenters. The van der Waals surface area contributed by atoms with E-state index in [2.05, 4.69) is 4.90 Å². The van der Waals surface area contributed by atoms with Crippen LogP contribution in [0.1, 0.15) is 35.3 Å². The Morgan fingerprint density at radius 3 is 1.36 bits per heavy atom. The standard InChI is InChI=1S/C27H27NO5/c1-20(30)32-17-15-22-3-9-25(10-4-22)28(27-13-7-24(19-29)8-14-27)26-11-5-23(6-12-26)16-18-33-21(2)31/h3-14,19H,15-18H2,1-2H3. The Hall–Kier alpha value is -3.93. The van der Waals surface area contributed by atoms with Gasteiger partial charge in [0.05, 0.1) is 13.2 Å². The summed E-state index contributed by atoms with van der Waals surface area (Å²) in [6.07, 6.45) is 2.11. The molecule has 0 heterocycles. The molecule has 3 aromatic carbocycles. The molecule has 0 aromatic heterocycles. The average Bonchev–Trinajstić information content (AvgIpc) is 2.81. The molecule has 33 heavy (non-hydrogen) atoms. The second kappa shape index (κ2) is 11.6. The zero-order valence-electron chi connectivity index (χ0n) is 18.8. The molecule has 170 valence electrons. The minimum absolute atomic E-state index is 0.284. The van der Waals surface area contributed by atoms with Crippen LogP contribution in [0.25, 0.3) is 0 Å². The Bertz CT molecular complexity index is 1010. The van der Waals surface area contributed by atoms with Crippen LogP contribution < -0.4 is 4.90 Å². The minimum Gasteiger partial charge on any atom is -0.466 e. The molecular formula is C27H27NO5. The highest BCUT2D eigenvalue weighted by Gasteiger charge is 2.13. The number of anilines is 3. The van der Waals surface area contributed by atoms with E-state index in [9.17, 15) is 14.4 Å². The van der Waals surface area contributed by atoms with Gasteiger partial charge in [-0.2, -0.15) is 0 Å². The summed E-state index contributed by atoms with van der Waals surface area (Å²) in [7, 11) is 0. The van der Waals surface area contributed by atoms with Crippen molar-refractivity contribution in [2.75, 3.05) is 18.1 Å². The Morgan fingerprint density at radius 1 is 0.667 bits per heavy atom. The Balaban J connectivity index is 1.84. The van der Waals surface area contributed by atoms with Crippen molar-refractivity contribution in [2.45, 2.75) is 26.7 Å². The van der Waals surface area contributed by atoms with Crippen molar-refractivity contribution < 1.29 is 23.9 Å². The third-order valence-corrected chi connectivity index (χ3v) is 5.07. The van der Waals surface area contributed by atoms with Gasteiger partial charge in [0.2, 0.25) is 0 Å². The fourth-order valence-electron chi connectivity index (χ4n) is 3.40. The van der Waals surface area contributed by atoms with Crippen molar-refractivity contribution in [2.24, 2.45) is 0 Å². The van der Waals surface area contributed by atoms with Gasteiger partial charge in [-0.25, -0.2) is 0 Å². The predicted molar refractivity (Wildman–Crippen MR) is 127 cm³/mol. The van der Waals surface area contributed by atoms with E-state index in [-0.39, 0.29) is 11.9 Å². The van der Waals surface area contributed by atoms with Gasteiger partial charge in [-0.3, -0.25) is 14.4 Å². The lowest BCUT2D eigenvalue weighted by molar-refractivity contribution is -0.141. The van der Waals surface area contributed by atoms with Crippen molar-refractivity contribution in [3.63, 3.8) is 0 Å². The highest BCUT2D eigenvalue weighted by molar-refractivity contribution is 5.80. The maximum absolute atomic E-state index is 11.1. The Kier molecular flexibility index (Phi) is 8.36. The van der Waals surface area contributed by atoms with Crippen LogP contribution in [0, 0.1) is 0 Å². The zero-order valence-corrected chi connectivity index (χ0v) is 18.8. The Labute approximate surface area is 193 Å². The van der Waals surface area contributed by atoms with Gasteiger partial charge in [0.1, 0.15) is 6.29 Å². The highest BCUT2D eigenvalue weighted by atomic mass is 16.5. The molecule has 3 rings (SSSR count). The summed E-state index contributed by atoms with van der Waals surface area (Å²) in [5.41, 5.74) is 5.57. The summed E-state index contributed by atoms with van der Waals surface area (Å²) >= 11 is 0. The highest BCUT2D eigenvalue weighted by Crippen LogP contribution is 2.34. The van der Waals surface area contributed by atoms with E-state index in [0.717, 1.165) is 34.5 Å². The van der Waals surface area contributed by atoms with Crippen LogP contribution in [0.5, 0.6) is 0 Å². The molecule has 3 aromatic rings. The van der Waals surface area contributed by atoms with E-state index >= 15 is 0 Å². The van der Waals surface area contributed by atoms with Gasteiger partial charge in [0, 0.05) is 49.3 Å². The van der Waals surface area contributed by atoms with Crippen LogP contribution in [-0.4, -0.2) is 31.4 Å². The molecule has 0 aliphatic heterocycles. The number of hydrogen-bond acceptors (Lipinski definition) is 6. The number of benzene rings is 3. The lowest BCUT2D eigenvalue weighted by atomic mass is 10.1. The van der Waals surface area contributed by atoms with Gasteiger partial charge >= 0.3 is 11.9 Å². The molecule has 0 aliphatic carbocycles. The van der Waals surface area contributed by atoms with E-state index in [1.165, 1.54) is 13.8 Å². The van der Waals surface area contributed by atoms with Gasteiger partial charge in [0.25, 0.3) is 0 Å². The maximum atomic E-state index is 11.1. The lowest BCUT2D eigenvalue weighted by Gasteiger charge is -2.26.